The van der Waals surface area contributed by atoms with Gasteiger partial charge >= 0.3 is 0 Å². The lowest BCUT2D eigenvalue weighted by molar-refractivity contribution is 0.0733. The normalized spacial score (nSPS) is 13.8. The number of aromatic nitrogens is 3. The number of nitrogens with zero attached hydrogens (tertiary/aromatic N) is 4. The summed E-state index contributed by atoms with van der Waals surface area (Å²) in [6, 6.07) is 9.29. The van der Waals surface area contributed by atoms with Crippen LogP contribution in [0, 0.1) is 0 Å². The van der Waals surface area contributed by atoms with Crippen LogP contribution in [0.3, 0.4) is 0 Å². The maximum atomic E-state index is 13.0. The fourth-order valence-electron chi connectivity index (χ4n) is 3.15. The van der Waals surface area contributed by atoms with Crippen molar-refractivity contribution < 1.29 is 4.79 Å². The predicted octanol–water partition coefficient (Wildman–Crippen LogP) is 1.53. The van der Waals surface area contributed by atoms with Crippen LogP contribution in [-0.2, 0) is 20.0 Å². The highest BCUT2D eigenvalue weighted by Gasteiger charge is 2.25. The van der Waals surface area contributed by atoms with Gasteiger partial charge in [-0.3, -0.25) is 14.6 Å². The number of aryl methyl sites for hydroxylation is 1. The number of carbonyl (C=O) groups is 1. The molecule has 0 spiro atoms. The molecule has 120 valence electrons. The molecule has 6 heteroatoms. The van der Waals surface area contributed by atoms with Crippen molar-refractivity contribution >= 4 is 16.8 Å². The van der Waals surface area contributed by atoms with Gasteiger partial charge in [0.25, 0.3) is 11.5 Å². The summed E-state index contributed by atoms with van der Waals surface area (Å²) in [5, 5.41) is 0.840. The van der Waals surface area contributed by atoms with E-state index in [0.717, 1.165) is 10.9 Å². The van der Waals surface area contributed by atoms with E-state index in [1.165, 1.54) is 10.9 Å². The van der Waals surface area contributed by atoms with Crippen LogP contribution in [0.25, 0.3) is 10.9 Å². The number of hydrogen-bond acceptors (Lipinski definition) is 4. The van der Waals surface area contributed by atoms with Gasteiger partial charge in [-0.2, -0.15) is 0 Å². The molecule has 3 heterocycles. The number of amides is 1. The molecule has 1 amide bonds. The van der Waals surface area contributed by atoms with Gasteiger partial charge in [0.05, 0.1) is 24.1 Å². The molecule has 0 bridgehead atoms. The Balaban J connectivity index is 1.71. The van der Waals surface area contributed by atoms with Crippen LogP contribution >= 0.6 is 0 Å². The van der Waals surface area contributed by atoms with Crippen LogP contribution in [0.2, 0.25) is 0 Å². The zero-order valence-corrected chi connectivity index (χ0v) is 13.3. The molecule has 24 heavy (non-hydrogen) atoms. The summed E-state index contributed by atoms with van der Waals surface area (Å²) in [6.45, 7) is 0.879. The summed E-state index contributed by atoms with van der Waals surface area (Å²) in [7, 11) is 1.69. The van der Waals surface area contributed by atoms with E-state index < -0.39 is 0 Å². The van der Waals surface area contributed by atoms with Gasteiger partial charge in [0.1, 0.15) is 0 Å². The molecule has 2 aromatic heterocycles. The molecule has 4 rings (SSSR count). The van der Waals surface area contributed by atoms with Gasteiger partial charge in [0.15, 0.2) is 0 Å². The molecule has 0 saturated carbocycles. The van der Waals surface area contributed by atoms with Crippen LogP contribution in [0.5, 0.6) is 0 Å². The standard InChI is InChI=1S/C18H16N4O2/c1-21-11-20-16-10-22(9-7-14(16)17(21)23)18(24)13-4-2-6-15-12(13)5-3-8-19-15/h2-6,8,11H,7,9-10H2,1H3. The van der Waals surface area contributed by atoms with Gasteiger partial charge in [-0.25, -0.2) is 4.98 Å². The third-order valence-corrected chi connectivity index (χ3v) is 4.45. The van der Waals surface area contributed by atoms with Gasteiger partial charge in [0, 0.05) is 36.3 Å². The molecular weight excluding hydrogens is 304 g/mol. The highest BCUT2D eigenvalue weighted by molar-refractivity contribution is 6.06. The summed E-state index contributed by atoms with van der Waals surface area (Å²) >= 11 is 0. The minimum atomic E-state index is -0.0540. The predicted molar refractivity (Wildman–Crippen MR) is 89.7 cm³/mol. The number of rotatable bonds is 1. The first-order valence-electron chi connectivity index (χ1n) is 7.81. The number of carbonyl (C=O) groups excluding carboxylic acids is 1. The molecule has 1 aromatic carbocycles. The molecule has 3 aromatic rings. The van der Waals surface area contributed by atoms with Crippen molar-refractivity contribution in [2.75, 3.05) is 6.54 Å². The fourth-order valence-corrected chi connectivity index (χ4v) is 3.15. The van der Waals surface area contributed by atoms with Crippen LogP contribution < -0.4 is 5.56 Å². The minimum absolute atomic E-state index is 0.0264. The largest absolute Gasteiger partial charge is 0.332 e. The van der Waals surface area contributed by atoms with Crippen molar-refractivity contribution in [3.8, 4) is 0 Å². The Kier molecular flexibility index (Phi) is 3.37. The summed E-state index contributed by atoms with van der Waals surface area (Å²) in [5.41, 5.74) is 2.81. The maximum Gasteiger partial charge on any atom is 0.256 e. The quantitative estimate of drug-likeness (QED) is 0.682. The van der Waals surface area contributed by atoms with E-state index in [1.807, 2.05) is 30.3 Å². The first kappa shape index (κ1) is 14.6. The van der Waals surface area contributed by atoms with Crippen molar-refractivity contribution in [1.82, 2.24) is 19.4 Å². The van der Waals surface area contributed by atoms with Gasteiger partial charge < -0.3 is 9.47 Å². The van der Waals surface area contributed by atoms with E-state index in [0.29, 0.717) is 36.3 Å². The monoisotopic (exact) mass is 320 g/mol. The molecule has 1 aliphatic heterocycles. The molecule has 0 saturated heterocycles. The Morgan fingerprint density at radius 3 is 2.92 bits per heavy atom. The van der Waals surface area contributed by atoms with E-state index in [2.05, 4.69) is 9.97 Å². The van der Waals surface area contributed by atoms with Crippen molar-refractivity contribution in [2.45, 2.75) is 13.0 Å². The first-order chi connectivity index (χ1) is 11.6. The number of hydrogen-bond donors (Lipinski definition) is 0. The van der Waals surface area contributed by atoms with Crippen LogP contribution in [-0.4, -0.2) is 31.9 Å². The van der Waals surface area contributed by atoms with E-state index in [4.69, 9.17) is 0 Å². The third-order valence-electron chi connectivity index (χ3n) is 4.45. The van der Waals surface area contributed by atoms with Gasteiger partial charge in [-0.05, 0) is 24.6 Å². The molecule has 0 atom stereocenters. The molecule has 0 fully saturated rings. The molecule has 0 aliphatic carbocycles. The lowest BCUT2D eigenvalue weighted by Gasteiger charge is -2.28. The maximum absolute atomic E-state index is 13.0. The Bertz CT molecular complexity index is 1000. The average Bonchev–Trinajstić information content (AvgIpc) is 2.63. The summed E-state index contributed by atoms with van der Waals surface area (Å²) < 4.78 is 1.48. The minimum Gasteiger partial charge on any atom is -0.332 e. The second-order valence-electron chi connectivity index (χ2n) is 5.94. The summed E-state index contributed by atoms with van der Waals surface area (Å²) in [5.74, 6) is -0.0540. The SMILES string of the molecule is Cn1cnc2c(c1=O)CCN(C(=O)c1cccc3ncccc13)C2. The Morgan fingerprint density at radius 1 is 1.17 bits per heavy atom. The van der Waals surface area contributed by atoms with Crippen LogP contribution in [0.4, 0.5) is 0 Å². The number of fused-ring (bicyclic) bond motifs is 2. The van der Waals surface area contributed by atoms with Gasteiger partial charge in [-0.1, -0.05) is 12.1 Å². The van der Waals surface area contributed by atoms with E-state index in [-0.39, 0.29) is 11.5 Å². The molecular formula is C18H16N4O2. The number of pyridine rings is 1. The van der Waals surface area contributed by atoms with Gasteiger partial charge in [0.2, 0.25) is 0 Å². The number of benzene rings is 1. The van der Waals surface area contributed by atoms with Crippen LogP contribution in [0.1, 0.15) is 21.6 Å². The highest BCUT2D eigenvalue weighted by Crippen LogP contribution is 2.21. The Morgan fingerprint density at radius 2 is 2.04 bits per heavy atom. The Hall–Kier alpha value is -3.02. The molecule has 0 unspecified atom stereocenters. The van der Waals surface area contributed by atoms with E-state index >= 15 is 0 Å². The van der Waals surface area contributed by atoms with Crippen molar-refractivity contribution in [3.05, 3.63) is 70.0 Å². The topological polar surface area (TPSA) is 68.1 Å². The second-order valence-corrected chi connectivity index (χ2v) is 5.94. The molecule has 0 radical (unpaired) electrons. The zero-order valence-electron chi connectivity index (χ0n) is 13.3. The van der Waals surface area contributed by atoms with Crippen LogP contribution in [0.15, 0.2) is 47.7 Å². The van der Waals surface area contributed by atoms with Gasteiger partial charge in [-0.15, -0.1) is 0 Å². The fraction of sp³-hybridized carbons (Fsp3) is 0.222. The smallest absolute Gasteiger partial charge is 0.256 e. The second kappa shape index (κ2) is 5.56. The Labute approximate surface area is 138 Å². The summed E-state index contributed by atoms with van der Waals surface area (Å²) in [6.07, 6.45) is 3.76. The average molecular weight is 320 g/mol. The lowest BCUT2D eigenvalue weighted by Crippen LogP contribution is -2.40. The zero-order chi connectivity index (χ0) is 16.7. The summed E-state index contributed by atoms with van der Waals surface area (Å²) in [4.78, 5) is 35.5. The van der Waals surface area contributed by atoms with E-state index in [1.54, 1.807) is 18.1 Å². The van der Waals surface area contributed by atoms with Crippen molar-refractivity contribution in [3.63, 3.8) is 0 Å². The van der Waals surface area contributed by atoms with E-state index in [9.17, 15) is 9.59 Å². The first-order valence-corrected chi connectivity index (χ1v) is 7.81. The molecule has 6 nitrogen and oxygen atoms in total. The molecule has 1 aliphatic rings. The van der Waals surface area contributed by atoms with Crippen molar-refractivity contribution in [2.24, 2.45) is 7.05 Å². The third kappa shape index (κ3) is 2.27. The highest BCUT2D eigenvalue weighted by atomic mass is 16.2. The van der Waals surface area contributed by atoms with Crippen molar-refractivity contribution in [1.29, 1.82) is 0 Å². The molecule has 0 N–H and O–H groups in total. The lowest BCUT2D eigenvalue weighted by atomic mass is 10.0.